The maximum absolute atomic E-state index is 13.4. The Morgan fingerprint density at radius 2 is 1.69 bits per heavy atom. The maximum atomic E-state index is 13.4. The van der Waals surface area contributed by atoms with Crippen molar-refractivity contribution in [2.75, 3.05) is 39.2 Å². The Hall–Kier alpha value is -4.59. The molecule has 182 valence electrons. The normalized spacial score (nSPS) is 12.2. The van der Waals surface area contributed by atoms with E-state index in [4.69, 9.17) is 19.2 Å². The van der Waals surface area contributed by atoms with Crippen LogP contribution >= 0.6 is 0 Å². The van der Waals surface area contributed by atoms with Crippen LogP contribution in [-0.4, -0.2) is 55.6 Å². The Labute approximate surface area is 208 Å². The number of likely N-dealkylation sites (N-methyl/N-ethyl adjacent to an activating group) is 1. The van der Waals surface area contributed by atoms with Crippen molar-refractivity contribution in [3.05, 3.63) is 78.4 Å². The topological polar surface area (TPSA) is 90.0 Å². The summed E-state index contributed by atoms with van der Waals surface area (Å²) in [5.74, 6) is 1.50. The first-order valence-electron chi connectivity index (χ1n) is 11.5. The van der Waals surface area contributed by atoms with E-state index in [0.29, 0.717) is 52.9 Å². The highest BCUT2D eigenvalue weighted by Gasteiger charge is 2.17. The van der Waals surface area contributed by atoms with Crippen molar-refractivity contribution in [3.8, 4) is 28.5 Å². The zero-order valence-corrected chi connectivity index (χ0v) is 20.0. The molecule has 0 saturated carbocycles. The van der Waals surface area contributed by atoms with Crippen LogP contribution in [0.4, 0.5) is 5.69 Å². The highest BCUT2D eigenvalue weighted by atomic mass is 16.6. The van der Waals surface area contributed by atoms with E-state index in [2.05, 4.69) is 5.32 Å². The quantitative estimate of drug-likeness (QED) is 0.438. The summed E-state index contributed by atoms with van der Waals surface area (Å²) < 4.78 is 16.8. The fraction of sp³-hybridized carbons (Fsp3) is 0.179. The highest BCUT2D eigenvalue weighted by molar-refractivity contribution is 6.13. The molecular weight excluding hydrogens is 458 g/mol. The second-order valence-electron chi connectivity index (χ2n) is 8.49. The molecule has 1 aromatic heterocycles. The first kappa shape index (κ1) is 23.2. The Bertz CT molecular complexity index is 1430. The number of para-hydroxylation sites is 1. The lowest BCUT2D eigenvalue weighted by atomic mass is 10.0. The van der Waals surface area contributed by atoms with Gasteiger partial charge >= 0.3 is 0 Å². The van der Waals surface area contributed by atoms with Gasteiger partial charge in [0.2, 0.25) is 0 Å². The van der Waals surface area contributed by atoms with Crippen molar-refractivity contribution < 1.29 is 23.8 Å². The number of fused-ring (bicyclic) bond motifs is 2. The number of rotatable bonds is 6. The van der Waals surface area contributed by atoms with E-state index in [9.17, 15) is 9.59 Å². The van der Waals surface area contributed by atoms with Crippen LogP contribution in [0.3, 0.4) is 0 Å². The number of hydrogen-bond acceptors (Lipinski definition) is 6. The van der Waals surface area contributed by atoms with Crippen LogP contribution in [0.5, 0.6) is 17.2 Å². The molecule has 0 saturated heterocycles. The first-order valence-corrected chi connectivity index (χ1v) is 11.5. The zero-order valence-electron chi connectivity index (χ0n) is 20.0. The van der Waals surface area contributed by atoms with Crippen molar-refractivity contribution in [3.63, 3.8) is 0 Å². The van der Waals surface area contributed by atoms with Gasteiger partial charge in [0.05, 0.1) is 16.8 Å². The molecule has 0 atom stereocenters. The minimum Gasteiger partial charge on any atom is -0.486 e. The van der Waals surface area contributed by atoms with E-state index in [1.165, 1.54) is 4.90 Å². The highest BCUT2D eigenvalue weighted by Crippen LogP contribution is 2.35. The van der Waals surface area contributed by atoms with Crippen molar-refractivity contribution in [1.29, 1.82) is 0 Å². The van der Waals surface area contributed by atoms with Gasteiger partial charge in [-0.1, -0.05) is 18.2 Å². The van der Waals surface area contributed by atoms with Gasteiger partial charge in [-0.15, -0.1) is 0 Å². The number of benzene rings is 3. The van der Waals surface area contributed by atoms with Gasteiger partial charge in [0.25, 0.3) is 11.8 Å². The van der Waals surface area contributed by atoms with Crippen molar-refractivity contribution in [2.24, 2.45) is 0 Å². The third-order valence-electron chi connectivity index (χ3n) is 5.77. The van der Waals surface area contributed by atoms with Gasteiger partial charge in [-0.05, 0) is 54.6 Å². The molecular formula is C28H25N3O5. The lowest BCUT2D eigenvalue weighted by molar-refractivity contribution is -0.130. The molecule has 8 nitrogen and oxygen atoms in total. The van der Waals surface area contributed by atoms with Gasteiger partial charge in [-0.25, -0.2) is 4.98 Å². The molecule has 2 heterocycles. The van der Waals surface area contributed by atoms with E-state index in [1.54, 1.807) is 44.4 Å². The molecule has 1 aliphatic rings. The first-order chi connectivity index (χ1) is 17.5. The molecule has 36 heavy (non-hydrogen) atoms. The standard InChI is InChI=1S/C28H25N3O5/c1-31(2)27(32)17-36-20-10-8-19(9-11-20)29-28(33)22-16-24(30-23-6-4-3-5-21(22)23)18-7-12-25-26(15-18)35-14-13-34-25/h3-12,15-16H,13-14,17H2,1-2H3,(H,29,33). The summed E-state index contributed by atoms with van der Waals surface area (Å²) >= 11 is 0. The van der Waals surface area contributed by atoms with E-state index >= 15 is 0 Å². The average Bonchev–Trinajstić information content (AvgIpc) is 2.91. The molecule has 0 fully saturated rings. The van der Waals surface area contributed by atoms with E-state index < -0.39 is 0 Å². The number of nitrogens with one attached hydrogen (secondary N) is 1. The fourth-order valence-corrected chi connectivity index (χ4v) is 3.82. The van der Waals surface area contributed by atoms with Crippen LogP contribution in [0.15, 0.2) is 72.8 Å². The van der Waals surface area contributed by atoms with E-state index in [1.807, 2.05) is 42.5 Å². The molecule has 3 aromatic carbocycles. The SMILES string of the molecule is CN(C)C(=O)COc1ccc(NC(=O)c2cc(-c3ccc4c(c3)OCCO4)nc3ccccc23)cc1. The number of carbonyl (C=O) groups is 2. The molecule has 0 bridgehead atoms. The molecule has 0 unspecified atom stereocenters. The smallest absolute Gasteiger partial charge is 0.259 e. The average molecular weight is 484 g/mol. The minimum atomic E-state index is -0.260. The van der Waals surface area contributed by atoms with E-state index in [0.717, 1.165) is 10.9 Å². The molecule has 0 spiro atoms. The van der Waals surface area contributed by atoms with Gasteiger partial charge in [-0.3, -0.25) is 9.59 Å². The third kappa shape index (κ3) is 4.93. The maximum Gasteiger partial charge on any atom is 0.259 e. The molecule has 0 aliphatic carbocycles. The largest absolute Gasteiger partial charge is 0.486 e. The molecule has 1 aliphatic heterocycles. The van der Waals surface area contributed by atoms with Crippen molar-refractivity contribution in [1.82, 2.24) is 9.88 Å². The van der Waals surface area contributed by atoms with Crippen molar-refractivity contribution in [2.45, 2.75) is 0 Å². The van der Waals surface area contributed by atoms with Crippen LogP contribution in [0.2, 0.25) is 0 Å². The molecule has 0 radical (unpaired) electrons. The van der Waals surface area contributed by atoms with Crippen molar-refractivity contribution >= 4 is 28.4 Å². The summed E-state index contributed by atoms with van der Waals surface area (Å²) in [6.45, 7) is 0.960. The van der Waals surface area contributed by atoms with Gasteiger partial charge in [-0.2, -0.15) is 0 Å². The summed E-state index contributed by atoms with van der Waals surface area (Å²) in [5.41, 5.74) is 3.30. The minimum absolute atomic E-state index is 0.0512. The van der Waals surface area contributed by atoms with Gasteiger partial charge < -0.3 is 24.4 Å². The molecule has 2 amide bonds. The molecule has 8 heteroatoms. The van der Waals surface area contributed by atoms with Crippen LogP contribution in [0, 0.1) is 0 Å². The number of ether oxygens (including phenoxy) is 3. The molecule has 1 N–H and O–H groups in total. The number of hydrogen-bond donors (Lipinski definition) is 1. The van der Waals surface area contributed by atoms with Gasteiger partial charge in [0.15, 0.2) is 18.1 Å². The molecule has 4 aromatic rings. The number of amides is 2. The van der Waals surface area contributed by atoms with Crippen LogP contribution < -0.4 is 19.5 Å². The predicted molar refractivity (Wildman–Crippen MR) is 137 cm³/mol. The monoisotopic (exact) mass is 483 g/mol. The number of nitrogens with zero attached hydrogens (tertiary/aromatic N) is 2. The summed E-state index contributed by atoms with van der Waals surface area (Å²) in [7, 11) is 3.35. The summed E-state index contributed by atoms with van der Waals surface area (Å²) in [6, 6.07) is 21.9. The Balaban J connectivity index is 1.40. The lowest BCUT2D eigenvalue weighted by Crippen LogP contribution is -2.27. The number of aromatic nitrogens is 1. The van der Waals surface area contributed by atoms with E-state index in [-0.39, 0.29) is 18.4 Å². The zero-order chi connectivity index (χ0) is 25.1. The lowest BCUT2D eigenvalue weighted by Gasteiger charge is -2.19. The molecule has 5 rings (SSSR count). The Kier molecular flexibility index (Phi) is 6.40. The van der Waals surface area contributed by atoms with Crippen LogP contribution in [-0.2, 0) is 4.79 Å². The van der Waals surface area contributed by atoms with Crippen LogP contribution in [0.1, 0.15) is 10.4 Å². The fourth-order valence-electron chi connectivity index (χ4n) is 3.82. The van der Waals surface area contributed by atoms with Crippen LogP contribution in [0.25, 0.3) is 22.2 Å². The predicted octanol–water partition coefficient (Wildman–Crippen LogP) is 4.39. The van der Waals surface area contributed by atoms with Gasteiger partial charge in [0, 0.05) is 30.7 Å². The summed E-state index contributed by atoms with van der Waals surface area (Å²) in [4.78, 5) is 31.3. The second-order valence-corrected chi connectivity index (χ2v) is 8.49. The number of carbonyl (C=O) groups excluding carboxylic acids is 2. The Morgan fingerprint density at radius 3 is 2.47 bits per heavy atom. The summed E-state index contributed by atoms with van der Waals surface area (Å²) in [6.07, 6.45) is 0. The second kappa shape index (κ2) is 9.95. The van der Waals surface area contributed by atoms with Gasteiger partial charge in [0.1, 0.15) is 19.0 Å². The summed E-state index contributed by atoms with van der Waals surface area (Å²) in [5, 5.41) is 3.70. The third-order valence-corrected chi connectivity index (χ3v) is 5.77. The Morgan fingerprint density at radius 1 is 0.944 bits per heavy atom. The number of anilines is 1. The number of pyridine rings is 1.